The Morgan fingerprint density at radius 1 is 1.04 bits per heavy atom. The lowest BCUT2D eigenvalue weighted by Gasteiger charge is -2.18. The van der Waals surface area contributed by atoms with Gasteiger partial charge in [0.05, 0.1) is 22.7 Å². The van der Waals surface area contributed by atoms with E-state index >= 15 is 0 Å². The van der Waals surface area contributed by atoms with E-state index in [-0.39, 0.29) is 28.0 Å². The molecule has 0 saturated carbocycles. The van der Waals surface area contributed by atoms with Gasteiger partial charge in [0.25, 0.3) is 5.91 Å². The van der Waals surface area contributed by atoms with Gasteiger partial charge >= 0.3 is 5.97 Å². The van der Waals surface area contributed by atoms with Gasteiger partial charge in [-0.05, 0) is 23.3 Å². The molecule has 0 aliphatic rings. The molecule has 0 radical (unpaired) electrons. The molecule has 0 spiro atoms. The van der Waals surface area contributed by atoms with Crippen LogP contribution in [0.1, 0.15) is 10.4 Å². The molecule has 0 aliphatic heterocycles. The Morgan fingerprint density at radius 2 is 1.64 bits per heavy atom. The summed E-state index contributed by atoms with van der Waals surface area (Å²) < 4.78 is 4.65. The standard InChI is InChI=1S/C19H17Cl3N2O4/c1-28-19(27)15(10-23-16(25)9-20)24-18(26)17-13(21)7-12(8-14(17)22)11-5-3-2-4-6-11/h2-8,15H,9-10H2,1H3,(H,23,25)(H,24,26). The van der Waals surface area contributed by atoms with Crippen LogP contribution >= 0.6 is 34.8 Å². The van der Waals surface area contributed by atoms with Crippen LogP contribution in [-0.4, -0.2) is 43.4 Å². The largest absolute Gasteiger partial charge is 0.467 e. The van der Waals surface area contributed by atoms with Crippen LogP contribution in [-0.2, 0) is 14.3 Å². The zero-order chi connectivity index (χ0) is 20.7. The van der Waals surface area contributed by atoms with Crippen molar-refractivity contribution in [2.45, 2.75) is 6.04 Å². The highest BCUT2D eigenvalue weighted by molar-refractivity contribution is 6.40. The summed E-state index contributed by atoms with van der Waals surface area (Å²) in [6.45, 7) is -0.193. The van der Waals surface area contributed by atoms with Crippen LogP contribution in [0.25, 0.3) is 11.1 Å². The lowest BCUT2D eigenvalue weighted by atomic mass is 10.0. The van der Waals surface area contributed by atoms with Gasteiger partial charge in [-0.25, -0.2) is 4.79 Å². The predicted molar refractivity (Wildman–Crippen MR) is 109 cm³/mol. The molecule has 0 aromatic heterocycles. The third-order valence-electron chi connectivity index (χ3n) is 3.79. The predicted octanol–water partition coefficient (Wildman–Crippen LogP) is 3.29. The van der Waals surface area contributed by atoms with Gasteiger partial charge in [0.2, 0.25) is 5.91 Å². The molecule has 1 unspecified atom stereocenters. The molecule has 2 aromatic carbocycles. The minimum atomic E-state index is -1.13. The summed E-state index contributed by atoms with van der Waals surface area (Å²) in [6, 6.07) is 11.5. The second-order valence-electron chi connectivity index (χ2n) is 5.67. The maximum absolute atomic E-state index is 12.7. The van der Waals surface area contributed by atoms with Crippen molar-refractivity contribution in [1.29, 1.82) is 0 Å². The lowest BCUT2D eigenvalue weighted by Crippen LogP contribution is -2.49. The number of benzene rings is 2. The number of alkyl halides is 1. The molecule has 0 fully saturated rings. The van der Waals surface area contributed by atoms with E-state index in [1.807, 2.05) is 30.3 Å². The summed E-state index contributed by atoms with van der Waals surface area (Å²) in [5.74, 6) is -2.19. The molecule has 0 heterocycles. The van der Waals surface area contributed by atoms with E-state index in [1.54, 1.807) is 12.1 Å². The molecule has 6 nitrogen and oxygen atoms in total. The summed E-state index contributed by atoms with van der Waals surface area (Å²) in [4.78, 5) is 35.9. The van der Waals surface area contributed by atoms with Crippen molar-refractivity contribution in [2.24, 2.45) is 0 Å². The van der Waals surface area contributed by atoms with Crippen LogP contribution in [0.4, 0.5) is 0 Å². The van der Waals surface area contributed by atoms with E-state index in [0.717, 1.165) is 11.1 Å². The van der Waals surface area contributed by atoms with E-state index in [1.165, 1.54) is 7.11 Å². The van der Waals surface area contributed by atoms with Gasteiger partial charge in [0, 0.05) is 6.54 Å². The Morgan fingerprint density at radius 3 is 2.18 bits per heavy atom. The number of halogens is 3. The van der Waals surface area contributed by atoms with Gasteiger partial charge in [-0.3, -0.25) is 9.59 Å². The number of hydrogen-bond donors (Lipinski definition) is 2. The second-order valence-corrected chi connectivity index (χ2v) is 6.75. The quantitative estimate of drug-likeness (QED) is 0.508. The first kappa shape index (κ1) is 22.0. The number of esters is 1. The summed E-state index contributed by atoms with van der Waals surface area (Å²) in [6.07, 6.45) is 0. The minimum absolute atomic E-state index is 0.0144. The molecule has 2 rings (SSSR count). The number of hydrogen-bond acceptors (Lipinski definition) is 4. The van der Waals surface area contributed by atoms with Crippen molar-refractivity contribution in [2.75, 3.05) is 19.5 Å². The molecule has 2 amide bonds. The van der Waals surface area contributed by atoms with E-state index in [0.29, 0.717) is 0 Å². The number of nitrogens with one attached hydrogen (secondary N) is 2. The van der Waals surface area contributed by atoms with Crippen molar-refractivity contribution >= 4 is 52.6 Å². The third-order valence-corrected chi connectivity index (χ3v) is 4.63. The Labute approximate surface area is 177 Å². The Hall–Kier alpha value is -2.28. The summed E-state index contributed by atoms with van der Waals surface area (Å²) in [5.41, 5.74) is 1.64. The smallest absolute Gasteiger partial charge is 0.330 e. The van der Waals surface area contributed by atoms with E-state index in [2.05, 4.69) is 15.4 Å². The number of rotatable bonds is 7. The fourth-order valence-electron chi connectivity index (χ4n) is 2.42. The number of carbonyl (C=O) groups excluding carboxylic acids is 3. The molecular formula is C19H17Cl3N2O4. The highest BCUT2D eigenvalue weighted by Crippen LogP contribution is 2.31. The first-order chi connectivity index (χ1) is 13.4. The maximum Gasteiger partial charge on any atom is 0.330 e. The Bertz CT molecular complexity index is 852. The van der Waals surface area contributed by atoms with E-state index < -0.39 is 23.8 Å². The van der Waals surface area contributed by atoms with E-state index in [4.69, 9.17) is 34.8 Å². The average Bonchev–Trinajstić information content (AvgIpc) is 2.70. The van der Waals surface area contributed by atoms with Gasteiger partial charge < -0.3 is 15.4 Å². The van der Waals surface area contributed by atoms with Crippen molar-refractivity contribution in [3.05, 3.63) is 58.1 Å². The SMILES string of the molecule is COC(=O)C(CNC(=O)CCl)NC(=O)c1c(Cl)cc(-c2ccccc2)cc1Cl. The van der Waals surface area contributed by atoms with Gasteiger partial charge in [0.1, 0.15) is 11.9 Å². The van der Waals surface area contributed by atoms with Crippen LogP contribution in [0.2, 0.25) is 10.0 Å². The molecule has 148 valence electrons. The van der Waals surface area contributed by atoms with Crippen LogP contribution in [0.5, 0.6) is 0 Å². The molecule has 2 N–H and O–H groups in total. The fourth-order valence-corrected chi connectivity index (χ4v) is 3.17. The van der Waals surface area contributed by atoms with Crippen molar-refractivity contribution in [3.8, 4) is 11.1 Å². The molecule has 0 saturated heterocycles. The third kappa shape index (κ3) is 5.61. The lowest BCUT2D eigenvalue weighted by molar-refractivity contribution is -0.142. The molecule has 1 atom stereocenters. The highest BCUT2D eigenvalue weighted by Gasteiger charge is 2.25. The van der Waals surface area contributed by atoms with Gasteiger partial charge in [-0.1, -0.05) is 53.5 Å². The summed E-state index contributed by atoms with van der Waals surface area (Å²) in [5, 5.41) is 5.12. The monoisotopic (exact) mass is 442 g/mol. The summed E-state index contributed by atoms with van der Waals surface area (Å²) >= 11 is 18.0. The molecule has 9 heteroatoms. The van der Waals surface area contributed by atoms with Gasteiger partial charge in [0.15, 0.2) is 0 Å². The minimum Gasteiger partial charge on any atom is -0.467 e. The van der Waals surface area contributed by atoms with Crippen LogP contribution in [0.15, 0.2) is 42.5 Å². The zero-order valence-corrected chi connectivity index (χ0v) is 17.1. The average molecular weight is 444 g/mol. The fraction of sp³-hybridized carbons (Fsp3) is 0.211. The Balaban J connectivity index is 2.24. The first-order valence-electron chi connectivity index (χ1n) is 8.13. The van der Waals surface area contributed by atoms with Crippen molar-refractivity contribution < 1.29 is 19.1 Å². The normalized spacial score (nSPS) is 11.4. The van der Waals surface area contributed by atoms with Crippen molar-refractivity contribution in [3.63, 3.8) is 0 Å². The molecular weight excluding hydrogens is 427 g/mol. The topological polar surface area (TPSA) is 84.5 Å². The number of ether oxygens (including phenoxy) is 1. The van der Waals surface area contributed by atoms with Gasteiger partial charge in [-0.15, -0.1) is 11.6 Å². The Kier molecular flexibility index (Phi) is 8.11. The van der Waals surface area contributed by atoms with Crippen LogP contribution in [0, 0.1) is 0 Å². The summed E-state index contributed by atoms with van der Waals surface area (Å²) in [7, 11) is 1.17. The number of carbonyl (C=O) groups is 3. The molecule has 0 bridgehead atoms. The van der Waals surface area contributed by atoms with Crippen LogP contribution < -0.4 is 10.6 Å². The molecule has 28 heavy (non-hydrogen) atoms. The first-order valence-corrected chi connectivity index (χ1v) is 9.42. The molecule has 2 aromatic rings. The molecule has 0 aliphatic carbocycles. The number of amides is 2. The van der Waals surface area contributed by atoms with E-state index in [9.17, 15) is 14.4 Å². The van der Waals surface area contributed by atoms with Crippen LogP contribution in [0.3, 0.4) is 0 Å². The highest BCUT2D eigenvalue weighted by atomic mass is 35.5. The van der Waals surface area contributed by atoms with Crippen molar-refractivity contribution in [1.82, 2.24) is 10.6 Å². The van der Waals surface area contributed by atoms with Gasteiger partial charge in [-0.2, -0.15) is 0 Å². The maximum atomic E-state index is 12.7. The zero-order valence-electron chi connectivity index (χ0n) is 14.8. The second kappa shape index (κ2) is 10.3. The number of methoxy groups -OCH3 is 1.